The molecule has 0 aliphatic rings. The van der Waals surface area contributed by atoms with Gasteiger partial charge in [0.1, 0.15) is 17.5 Å². The van der Waals surface area contributed by atoms with Crippen LogP contribution in [-0.4, -0.2) is 22.5 Å². The molecule has 0 aliphatic carbocycles. The van der Waals surface area contributed by atoms with Crippen molar-refractivity contribution >= 4 is 71.4 Å². The maximum absolute atomic E-state index is 13.6. The smallest absolute Gasteiger partial charge is 0.282 e. The van der Waals surface area contributed by atoms with Crippen LogP contribution in [0.15, 0.2) is 85.6 Å². The van der Waals surface area contributed by atoms with Gasteiger partial charge in [-0.05, 0) is 63.5 Å². The average molecular weight is 698 g/mol. The van der Waals surface area contributed by atoms with Crippen LogP contribution < -0.4 is 15.0 Å². The van der Waals surface area contributed by atoms with E-state index in [1.54, 1.807) is 18.3 Å². The van der Waals surface area contributed by atoms with E-state index in [1.165, 1.54) is 4.68 Å². The molecule has 41 heavy (non-hydrogen) atoms. The fraction of sp³-hybridized carbons (Fsp3) is 0.219. The van der Waals surface area contributed by atoms with Gasteiger partial charge in [0.05, 0.1) is 23.7 Å². The molecule has 0 saturated heterocycles. The van der Waals surface area contributed by atoms with E-state index in [1.807, 2.05) is 64.1 Å². The number of fused-ring (bicyclic) bond motifs is 2. The second-order valence-corrected chi connectivity index (χ2v) is 12.6. The van der Waals surface area contributed by atoms with E-state index < -0.39 is 5.41 Å². The average Bonchev–Trinajstić information content (AvgIpc) is 2.94. The predicted molar refractivity (Wildman–Crippen MR) is 174 cm³/mol. The number of nitrogens with zero attached hydrogens (tertiary/aromatic N) is 3. The zero-order valence-electron chi connectivity index (χ0n) is 23.0. The van der Waals surface area contributed by atoms with E-state index >= 15 is 0 Å². The fourth-order valence-electron chi connectivity index (χ4n) is 4.53. The third-order valence-electron chi connectivity index (χ3n) is 6.50. The van der Waals surface area contributed by atoms with Crippen LogP contribution in [0.2, 0.25) is 5.02 Å². The Morgan fingerprint density at radius 1 is 1.00 bits per heavy atom. The van der Waals surface area contributed by atoms with E-state index in [0.29, 0.717) is 56.5 Å². The number of ether oxygens (including phenoxy) is 2. The fourth-order valence-corrected chi connectivity index (χ4v) is 5.54. The summed E-state index contributed by atoms with van der Waals surface area (Å²) < 4.78 is 14.9. The van der Waals surface area contributed by atoms with Gasteiger partial charge in [-0.2, -0.15) is 9.78 Å². The summed E-state index contributed by atoms with van der Waals surface area (Å²) in [6.07, 6.45) is 1.58. The standard InChI is InChI=1S/C32H28Br2ClN3O3/c1-5-40-26-15-21(17-36-38-30(39)24-16-22(33)13-14-25(24)37-31(38)32(2,3)4)27(34)28(35)29(26)41-18-20-11-8-10-19-9-6-7-12-23(19)20/h6-17H,5,18H2,1-4H3. The van der Waals surface area contributed by atoms with Gasteiger partial charge in [0.25, 0.3) is 5.56 Å². The van der Waals surface area contributed by atoms with E-state index in [0.717, 1.165) is 20.8 Å². The van der Waals surface area contributed by atoms with Crippen LogP contribution in [0.4, 0.5) is 0 Å². The lowest BCUT2D eigenvalue weighted by atomic mass is 9.95. The van der Waals surface area contributed by atoms with Crippen LogP contribution in [0.25, 0.3) is 21.7 Å². The first-order valence-corrected chi connectivity index (χ1v) is 15.1. The molecule has 0 radical (unpaired) electrons. The zero-order chi connectivity index (χ0) is 29.3. The minimum atomic E-state index is -0.442. The highest BCUT2D eigenvalue weighted by atomic mass is 79.9. The van der Waals surface area contributed by atoms with Crippen molar-refractivity contribution in [1.82, 2.24) is 9.66 Å². The zero-order valence-corrected chi connectivity index (χ0v) is 27.0. The lowest BCUT2D eigenvalue weighted by Crippen LogP contribution is -2.29. The molecule has 6 nitrogen and oxygen atoms in total. The lowest BCUT2D eigenvalue weighted by molar-refractivity contribution is 0.270. The Bertz CT molecular complexity index is 1860. The molecule has 0 saturated carbocycles. The van der Waals surface area contributed by atoms with Crippen LogP contribution in [0.3, 0.4) is 0 Å². The summed E-state index contributed by atoms with van der Waals surface area (Å²) in [6, 6.07) is 21.5. The number of hydrogen-bond acceptors (Lipinski definition) is 5. The van der Waals surface area contributed by atoms with Crippen molar-refractivity contribution in [2.45, 2.75) is 39.7 Å². The molecule has 5 rings (SSSR count). The van der Waals surface area contributed by atoms with Crippen molar-refractivity contribution < 1.29 is 9.47 Å². The Morgan fingerprint density at radius 2 is 1.76 bits per heavy atom. The first-order chi connectivity index (χ1) is 19.6. The van der Waals surface area contributed by atoms with Crippen molar-refractivity contribution in [3.8, 4) is 11.5 Å². The molecule has 5 aromatic rings. The summed E-state index contributed by atoms with van der Waals surface area (Å²) in [5, 5.41) is 7.67. The lowest BCUT2D eigenvalue weighted by Gasteiger charge is -2.21. The summed E-state index contributed by atoms with van der Waals surface area (Å²) in [5.74, 6) is 1.44. The first-order valence-electron chi connectivity index (χ1n) is 13.1. The molecular weight excluding hydrogens is 670 g/mol. The third-order valence-corrected chi connectivity index (χ3v) is 8.44. The maximum atomic E-state index is 13.6. The Kier molecular flexibility index (Phi) is 8.55. The van der Waals surface area contributed by atoms with Crippen molar-refractivity contribution in [1.29, 1.82) is 0 Å². The van der Waals surface area contributed by atoms with Gasteiger partial charge in [0, 0.05) is 19.9 Å². The molecule has 0 amide bonds. The summed E-state index contributed by atoms with van der Waals surface area (Å²) in [5.41, 5.74) is 1.57. The molecule has 0 bridgehead atoms. The van der Waals surface area contributed by atoms with Gasteiger partial charge >= 0.3 is 0 Å². The minimum absolute atomic E-state index is 0.264. The van der Waals surface area contributed by atoms with E-state index in [4.69, 9.17) is 26.1 Å². The molecule has 0 atom stereocenters. The predicted octanol–water partition coefficient (Wildman–Crippen LogP) is 8.89. The largest absolute Gasteiger partial charge is 0.490 e. The highest BCUT2D eigenvalue weighted by Gasteiger charge is 2.23. The Morgan fingerprint density at radius 3 is 2.51 bits per heavy atom. The number of rotatable bonds is 7. The molecule has 0 fully saturated rings. The molecule has 0 unspecified atom stereocenters. The molecule has 0 spiro atoms. The Labute approximate surface area is 260 Å². The van der Waals surface area contributed by atoms with Gasteiger partial charge < -0.3 is 9.47 Å². The third kappa shape index (κ3) is 6.05. The Balaban J connectivity index is 1.55. The first kappa shape index (κ1) is 29.3. The van der Waals surface area contributed by atoms with Crippen molar-refractivity contribution in [2.24, 2.45) is 5.10 Å². The van der Waals surface area contributed by atoms with Crippen LogP contribution in [0.1, 0.15) is 44.6 Å². The van der Waals surface area contributed by atoms with Gasteiger partial charge in [-0.3, -0.25) is 4.79 Å². The second kappa shape index (κ2) is 12.0. The van der Waals surface area contributed by atoms with Gasteiger partial charge in [-0.1, -0.05) is 90.8 Å². The summed E-state index contributed by atoms with van der Waals surface area (Å²) in [7, 11) is 0. The molecule has 4 aromatic carbocycles. The van der Waals surface area contributed by atoms with Crippen LogP contribution in [-0.2, 0) is 12.0 Å². The van der Waals surface area contributed by atoms with E-state index in [9.17, 15) is 4.79 Å². The molecule has 0 aliphatic heterocycles. The van der Waals surface area contributed by atoms with Gasteiger partial charge in [0.15, 0.2) is 11.5 Å². The van der Waals surface area contributed by atoms with Gasteiger partial charge in [-0.25, -0.2) is 4.98 Å². The maximum Gasteiger partial charge on any atom is 0.282 e. The van der Waals surface area contributed by atoms with Gasteiger partial charge in [0.2, 0.25) is 0 Å². The highest BCUT2D eigenvalue weighted by Crippen LogP contribution is 2.43. The topological polar surface area (TPSA) is 65.7 Å². The van der Waals surface area contributed by atoms with Crippen molar-refractivity contribution in [3.63, 3.8) is 0 Å². The van der Waals surface area contributed by atoms with E-state index in [2.05, 4.69) is 55.2 Å². The summed E-state index contributed by atoms with van der Waals surface area (Å²) >= 11 is 13.9. The molecule has 1 heterocycles. The number of benzene rings is 4. The number of aromatic nitrogens is 2. The molecule has 1 aromatic heterocycles. The summed E-state index contributed by atoms with van der Waals surface area (Å²) in [6.45, 7) is 8.60. The van der Waals surface area contributed by atoms with E-state index in [-0.39, 0.29) is 5.56 Å². The SMILES string of the molecule is CCOc1cc(C=Nn2c(C(C)(C)C)nc3ccc(Br)cc3c2=O)c(Br)c(Cl)c1OCc1cccc2ccccc12. The molecule has 0 N–H and O–H groups in total. The van der Waals surface area contributed by atoms with Crippen molar-refractivity contribution in [3.05, 3.63) is 108 Å². The van der Waals surface area contributed by atoms with Crippen molar-refractivity contribution in [2.75, 3.05) is 6.61 Å². The van der Waals surface area contributed by atoms with Crippen LogP contribution >= 0.6 is 43.5 Å². The highest BCUT2D eigenvalue weighted by molar-refractivity contribution is 9.10. The molecular formula is C32H28Br2ClN3O3. The summed E-state index contributed by atoms with van der Waals surface area (Å²) in [4.78, 5) is 18.3. The monoisotopic (exact) mass is 695 g/mol. The number of halogens is 3. The molecule has 210 valence electrons. The Hall–Kier alpha value is -3.20. The number of hydrogen-bond donors (Lipinski definition) is 0. The molecule has 9 heteroatoms. The second-order valence-electron chi connectivity index (χ2n) is 10.5. The van der Waals surface area contributed by atoms with Gasteiger partial charge in [-0.15, -0.1) is 0 Å². The minimum Gasteiger partial charge on any atom is -0.490 e. The normalized spacial score (nSPS) is 12.0. The van der Waals surface area contributed by atoms with Crippen LogP contribution in [0, 0.1) is 0 Å². The van der Waals surface area contributed by atoms with Crippen LogP contribution in [0.5, 0.6) is 11.5 Å². The quantitative estimate of drug-likeness (QED) is 0.160.